The van der Waals surface area contributed by atoms with E-state index < -0.39 is 29.9 Å². The molecule has 0 aliphatic rings. The van der Waals surface area contributed by atoms with Gasteiger partial charge in [0, 0.05) is 10.5 Å². The van der Waals surface area contributed by atoms with Crippen LogP contribution in [0.3, 0.4) is 0 Å². The number of carbonyl (C=O) groups excluding carboxylic acids is 1. The van der Waals surface area contributed by atoms with Crippen molar-refractivity contribution < 1.29 is 22.7 Å². The number of ether oxygens (including phenoxy) is 1. The number of alkyl halides is 3. The molecule has 3 aromatic carbocycles. The van der Waals surface area contributed by atoms with Crippen LogP contribution in [0.25, 0.3) is 11.1 Å². The van der Waals surface area contributed by atoms with E-state index in [9.17, 15) is 18.0 Å². The largest absolute Gasteiger partial charge is 0.483 e. The van der Waals surface area contributed by atoms with Crippen molar-refractivity contribution in [2.24, 2.45) is 0 Å². The van der Waals surface area contributed by atoms with Crippen molar-refractivity contribution in [3.63, 3.8) is 0 Å². The zero-order chi connectivity index (χ0) is 21.6. The van der Waals surface area contributed by atoms with Gasteiger partial charge in [0.1, 0.15) is 11.2 Å². The van der Waals surface area contributed by atoms with E-state index in [-0.39, 0.29) is 4.90 Å². The van der Waals surface area contributed by atoms with Gasteiger partial charge in [-0.25, -0.2) is 0 Å². The van der Waals surface area contributed by atoms with Gasteiger partial charge in [0.15, 0.2) is 6.61 Å². The first-order chi connectivity index (χ1) is 14.4. The number of nitrogens with one attached hydrogen (secondary N) is 1. The van der Waals surface area contributed by atoms with Crippen molar-refractivity contribution in [2.75, 3.05) is 11.9 Å². The van der Waals surface area contributed by atoms with Gasteiger partial charge >= 0.3 is 6.18 Å². The molecule has 0 bridgehead atoms. The molecule has 30 heavy (non-hydrogen) atoms. The average Bonchev–Trinajstić information content (AvgIpc) is 2.73. The SMILES string of the molecule is N#CSc1ccc(NC(=O)COc2ccccc2-c2ccccc2)c(C(F)(F)F)c1. The van der Waals surface area contributed by atoms with E-state index >= 15 is 0 Å². The third-order valence-electron chi connectivity index (χ3n) is 4.06. The Morgan fingerprint density at radius 2 is 1.73 bits per heavy atom. The standard InChI is InChI=1S/C22H15F3N2O2S/c23-22(24,25)18-12-16(30-14-26)10-11-19(18)27-21(28)13-29-20-9-5-4-8-17(20)15-6-2-1-3-7-15/h1-12H,13H2,(H,27,28). The second-order valence-corrected chi connectivity index (χ2v) is 6.96. The topological polar surface area (TPSA) is 62.1 Å². The number of benzene rings is 3. The van der Waals surface area contributed by atoms with E-state index in [1.807, 2.05) is 42.5 Å². The van der Waals surface area contributed by atoms with E-state index in [1.165, 1.54) is 6.07 Å². The average molecular weight is 428 g/mol. The first-order valence-electron chi connectivity index (χ1n) is 8.73. The van der Waals surface area contributed by atoms with Crippen LogP contribution in [0.5, 0.6) is 5.75 Å². The summed E-state index contributed by atoms with van der Waals surface area (Å²) in [5.74, 6) is -0.292. The van der Waals surface area contributed by atoms with Crippen LogP contribution < -0.4 is 10.1 Å². The Bertz CT molecular complexity index is 1080. The van der Waals surface area contributed by atoms with E-state index in [4.69, 9.17) is 10.00 Å². The normalized spacial score (nSPS) is 10.9. The minimum atomic E-state index is -4.69. The lowest BCUT2D eigenvalue weighted by Gasteiger charge is -2.15. The van der Waals surface area contributed by atoms with Crippen molar-refractivity contribution in [2.45, 2.75) is 11.1 Å². The van der Waals surface area contributed by atoms with Crippen molar-refractivity contribution in [1.29, 1.82) is 5.26 Å². The summed E-state index contributed by atoms with van der Waals surface area (Å²) in [6, 6.07) is 19.8. The highest BCUT2D eigenvalue weighted by molar-refractivity contribution is 8.03. The summed E-state index contributed by atoms with van der Waals surface area (Å²) in [5.41, 5.74) is 0.230. The van der Waals surface area contributed by atoms with Gasteiger partial charge in [-0.2, -0.15) is 18.4 Å². The van der Waals surface area contributed by atoms with Crippen molar-refractivity contribution >= 4 is 23.4 Å². The summed E-state index contributed by atoms with van der Waals surface area (Å²) in [4.78, 5) is 12.4. The number of nitrogens with zero attached hydrogens (tertiary/aromatic N) is 1. The number of thioether (sulfide) groups is 1. The number of anilines is 1. The maximum absolute atomic E-state index is 13.3. The summed E-state index contributed by atoms with van der Waals surface area (Å²) < 4.78 is 45.6. The van der Waals surface area contributed by atoms with Gasteiger partial charge in [-0.1, -0.05) is 48.5 Å². The molecule has 8 heteroatoms. The fourth-order valence-corrected chi connectivity index (χ4v) is 3.18. The number of hydrogen-bond donors (Lipinski definition) is 1. The molecular weight excluding hydrogens is 413 g/mol. The van der Waals surface area contributed by atoms with Crippen LogP contribution in [-0.2, 0) is 11.0 Å². The Kier molecular flexibility index (Phi) is 6.65. The van der Waals surface area contributed by atoms with Gasteiger partial charge in [0.25, 0.3) is 5.91 Å². The maximum atomic E-state index is 13.3. The van der Waals surface area contributed by atoms with Crippen LogP contribution >= 0.6 is 11.8 Å². The summed E-state index contributed by atoms with van der Waals surface area (Å²) in [6.07, 6.45) is -4.69. The summed E-state index contributed by atoms with van der Waals surface area (Å²) in [7, 11) is 0. The van der Waals surface area contributed by atoms with E-state index in [2.05, 4.69) is 5.32 Å². The molecule has 0 saturated heterocycles. The van der Waals surface area contributed by atoms with Gasteiger partial charge < -0.3 is 10.1 Å². The molecule has 0 aromatic heterocycles. The Morgan fingerprint density at radius 1 is 1.03 bits per heavy atom. The molecule has 0 atom stereocenters. The number of rotatable bonds is 6. The molecule has 0 heterocycles. The Balaban J connectivity index is 1.74. The number of halogens is 3. The second kappa shape index (κ2) is 9.37. The quantitative estimate of drug-likeness (QED) is 0.389. The minimum absolute atomic E-state index is 0.135. The molecule has 0 aliphatic heterocycles. The van der Waals surface area contributed by atoms with Crippen LogP contribution in [0, 0.1) is 10.7 Å². The smallest absolute Gasteiger partial charge is 0.418 e. The molecule has 0 fully saturated rings. The molecule has 0 spiro atoms. The monoisotopic (exact) mass is 428 g/mol. The van der Waals surface area contributed by atoms with E-state index in [0.717, 1.165) is 23.3 Å². The molecule has 3 aromatic rings. The number of nitriles is 1. The van der Waals surface area contributed by atoms with E-state index in [1.54, 1.807) is 17.5 Å². The number of carbonyl (C=O) groups is 1. The predicted molar refractivity (Wildman–Crippen MR) is 109 cm³/mol. The molecule has 4 nitrogen and oxygen atoms in total. The van der Waals surface area contributed by atoms with Crippen LogP contribution in [-0.4, -0.2) is 12.5 Å². The summed E-state index contributed by atoms with van der Waals surface area (Å²) in [5, 5.41) is 12.6. The van der Waals surface area contributed by atoms with Crippen LogP contribution in [0.15, 0.2) is 77.7 Å². The highest BCUT2D eigenvalue weighted by atomic mass is 32.2. The van der Waals surface area contributed by atoms with E-state index in [0.29, 0.717) is 17.5 Å². The number of thiocyanates is 1. The van der Waals surface area contributed by atoms with Gasteiger partial charge in [-0.05, 0) is 41.6 Å². The van der Waals surface area contributed by atoms with Crippen LogP contribution in [0.4, 0.5) is 18.9 Å². The van der Waals surface area contributed by atoms with Crippen LogP contribution in [0.1, 0.15) is 5.56 Å². The Morgan fingerprint density at radius 3 is 2.43 bits per heavy atom. The Labute approximate surface area is 175 Å². The lowest BCUT2D eigenvalue weighted by atomic mass is 10.1. The van der Waals surface area contributed by atoms with Gasteiger partial charge in [-0.3, -0.25) is 4.79 Å². The zero-order valence-corrected chi connectivity index (χ0v) is 16.3. The number of para-hydroxylation sites is 1. The second-order valence-electron chi connectivity index (χ2n) is 6.10. The van der Waals surface area contributed by atoms with Crippen LogP contribution in [0.2, 0.25) is 0 Å². The minimum Gasteiger partial charge on any atom is -0.483 e. The van der Waals surface area contributed by atoms with Crippen molar-refractivity contribution in [3.8, 4) is 22.3 Å². The first-order valence-corrected chi connectivity index (χ1v) is 9.54. The molecule has 0 saturated carbocycles. The molecule has 1 amide bonds. The lowest BCUT2D eigenvalue weighted by molar-refractivity contribution is -0.137. The number of amides is 1. The molecule has 0 radical (unpaired) electrons. The van der Waals surface area contributed by atoms with Crippen molar-refractivity contribution in [1.82, 2.24) is 0 Å². The fourth-order valence-electron chi connectivity index (χ4n) is 2.76. The molecule has 0 unspecified atom stereocenters. The first kappa shape index (κ1) is 21.3. The molecule has 1 N–H and O–H groups in total. The molecule has 152 valence electrons. The highest BCUT2D eigenvalue weighted by Crippen LogP contribution is 2.37. The summed E-state index contributed by atoms with van der Waals surface area (Å²) in [6.45, 7) is -0.462. The third-order valence-corrected chi connectivity index (χ3v) is 4.65. The van der Waals surface area contributed by atoms with Gasteiger partial charge in [0.05, 0.1) is 11.3 Å². The maximum Gasteiger partial charge on any atom is 0.418 e. The molecular formula is C22H15F3N2O2S. The predicted octanol–water partition coefficient (Wildman–Crippen LogP) is 5.96. The molecule has 0 aliphatic carbocycles. The zero-order valence-electron chi connectivity index (χ0n) is 15.4. The Hall–Kier alpha value is -3.44. The summed E-state index contributed by atoms with van der Waals surface area (Å²) >= 11 is 0.608. The van der Waals surface area contributed by atoms with Crippen molar-refractivity contribution in [3.05, 3.63) is 78.4 Å². The number of hydrogen-bond acceptors (Lipinski definition) is 4. The fraction of sp³-hybridized carbons (Fsp3) is 0.0909. The highest BCUT2D eigenvalue weighted by Gasteiger charge is 2.34. The van der Waals surface area contributed by atoms with Gasteiger partial charge in [-0.15, -0.1) is 0 Å². The van der Waals surface area contributed by atoms with Gasteiger partial charge in [0.2, 0.25) is 0 Å². The lowest BCUT2D eigenvalue weighted by Crippen LogP contribution is -2.22. The molecule has 3 rings (SSSR count). The third kappa shape index (κ3) is 5.33.